The van der Waals surface area contributed by atoms with E-state index in [2.05, 4.69) is 4.57 Å². The molecule has 4 rings (SSSR count). The molecule has 1 aliphatic rings. The maximum atomic E-state index is 13.8. The van der Waals surface area contributed by atoms with E-state index < -0.39 is 17.8 Å². The van der Waals surface area contributed by atoms with Gasteiger partial charge < -0.3 is 14.0 Å². The van der Waals surface area contributed by atoms with Crippen LogP contribution < -0.4 is 4.74 Å². The number of hydrogen-bond donors (Lipinski definition) is 0. The highest BCUT2D eigenvalue weighted by Crippen LogP contribution is 2.42. The number of aromatic nitrogens is 1. The summed E-state index contributed by atoms with van der Waals surface area (Å²) in [5.74, 6) is -1.62. The number of halogens is 1. The number of methoxy groups -OCH3 is 1. The zero-order chi connectivity index (χ0) is 19.1. The normalized spacial score (nSPS) is 13.6. The number of nitrogens with zero attached hydrogens (tertiary/aromatic N) is 1. The Balaban J connectivity index is 1.76. The van der Waals surface area contributed by atoms with Crippen LogP contribution in [0.3, 0.4) is 0 Å². The first-order chi connectivity index (χ1) is 13.0. The van der Waals surface area contributed by atoms with Crippen molar-refractivity contribution in [1.29, 1.82) is 0 Å². The quantitative estimate of drug-likeness (QED) is 0.506. The molecule has 138 valence electrons. The van der Waals surface area contributed by atoms with Gasteiger partial charge in [0.1, 0.15) is 11.6 Å². The van der Waals surface area contributed by atoms with E-state index >= 15 is 0 Å². The average Bonchev–Trinajstić information content (AvgIpc) is 3.44. The van der Waals surface area contributed by atoms with Crippen molar-refractivity contribution in [3.63, 3.8) is 0 Å². The van der Waals surface area contributed by atoms with Crippen LogP contribution in [0.4, 0.5) is 4.39 Å². The van der Waals surface area contributed by atoms with Gasteiger partial charge in [-0.25, -0.2) is 14.0 Å². The molecule has 0 radical (unpaired) electrons. The molecule has 5 nitrogen and oxygen atoms in total. The lowest BCUT2D eigenvalue weighted by Crippen LogP contribution is -2.10. The van der Waals surface area contributed by atoms with Crippen LogP contribution >= 0.6 is 0 Å². The molecule has 1 fully saturated rings. The van der Waals surface area contributed by atoms with Crippen LogP contribution in [0, 0.1) is 12.7 Å². The molecule has 0 atom stereocenters. The second-order valence-corrected chi connectivity index (χ2v) is 6.60. The van der Waals surface area contributed by atoms with Crippen LogP contribution in [0.2, 0.25) is 0 Å². The first-order valence-corrected chi connectivity index (χ1v) is 8.71. The summed E-state index contributed by atoms with van der Waals surface area (Å²) in [7, 11) is 1.34. The van der Waals surface area contributed by atoms with Crippen LogP contribution in [-0.2, 0) is 4.74 Å². The van der Waals surface area contributed by atoms with Crippen LogP contribution in [0.15, 0.2) is 42.5 Å². The van der Waals surface area contributed by atoms with Crippen molar-refractivity contribution in [2.45, 2.75) is 25.8 Å². The van der Waals surface area contributed by atoms with Gasteiger partial charge in [-0.3, -0.25) is 0 Å². The van der Waals surface area contributed by atoms with E-state index in [1.54, 1.807) is 18.2 Å². The fourth-order valence-electron chi connectivity index (χ4n) is 3.44. The van der Waals surface area contributed by atoms with E-state index in [1.807, 2.05) is 13.0 Å². The highest BCUT2D eigenvalue weighted by Gasteiger charge is 2.30. The van der Waals surface area contributed by atoms with Crippen LogP contribution in [-0.4, -0.2) is 23.6 Å². The van der Waals surface area contributed by atoms with Gasteiger partial charge in [-0.2, -0.15) is 0 Å². The van der Waals surface area contributed by atoms with Crippen molar-refractivity contribution in [2.24, 2.45) is 0 Å². The summed E-state index contributed by atoms with van der Waals surface area (Å²) in [5, 5.41) is 0.657. The zero-order valence-electron chi connectivity index (χ0n) is 15.0. The molecule has 0 bridgehead atoms. The first kappa shape index (κ1) is 17.3. The summed E-state index contributed by atoms with van der Waals surface area (Å²) in [5.41, 5.74) is 2.04. The number of benzene rings is 2. The van der Waals surface area contributed by atoms with E-state index in [9.17, 15) is 14.0 Å². The van der Waals surface area contributed by atoms with E-state index in [0.29, 0.717) is 17.0 Å². The Bertz CT molecular complexity index is 1070. The standard InChI is InChI=1S/C21H18FNO4/c1-12-19(21(25)26-2)16-11-14(9-10-18(16)23(12)13-7-8-13)27-20(24)15-5-3-4-6-17(15)22/h3-6,9-11,13H,7-8H2,1-2H3. The van der Waals surface area contributed by atoms with Gasteiger partial charge in [-0.15, -0.1) is 0 Å². The maximum absolute atomic E-state index is 13.8. The lowest BCUT2D eigenvalue weighted by Gasteiger charge is -2.07. The van der Waals surface area contributed by atoms with Gasteiger partial charge in [0.05, 0.1) is 18.2 Å². The smallest absolute Gasteiger partial charge is 0.346 e. The summed E-state index contributed by atoms with van der Waals surface area (Å²) in [6.45, 7) is 1.88. The van der Waals surface area contributed by atoms with Gasteiger partial charge in [-0.05, 0) is 50.1 Å². The summed E-state index contributed by atoms with van der Waals surface area (Å²) in [6, 6.07) is 11.1. The minimum absolute atomic E-state index is 0.141. The molecule has 2 aromatic carbocycles. The van der Waals surface area contributed by atoms with Gasteiger partial charge in [0.25, 0.3) is 0 Å². The molecule has 0 saturated heterocycles. The summed E-state index contributed by atoms with van der Waals surface area (Å²) >= 11 is 0. The number of fused-ring (bicyclic) bond motifs is 1. The average molecular weight is 367 g/mol. The van der Waals surface area contributed by atoms with Gasteiger partial charge in [-0.1, -0.05) is 12.1 Å². The Morgan fingerprint density at radius 3 is 2.52 bits per heavy atom. The molecule has 1 saturated carbocycles. The SMILES string of the molecule is COC(=O)c1c(C)n(C2CC2)c2ccc(OC(=O)c3ccccc3F)cc12. The largest absolute Gasteiger partial charge is 0.465 e. The lowest BCUT2D eigenvalue weighted by molar-refractivity contribution is 0.0601. The highest BCUT2D eigenvalue weighted by atomic mass is 19.1. The molecule has 0 aliphatic heterocycles. The Hall–Kier alpha value is -3.15. The second kappa shape index (κ2) is 6.54. The molecule has 0 unspecified atom stereocenters. The maximum Gasteiger partial charge on any atom is 0.346 e. The molecule has 0 amide bonds. The van der Waals surface area contributed by atoms with Gasteiger partial charge in [0.15, 0.2) is 0 Å². The van der Waals surface area contributed by atoms with Crippen LogP contribution in [0.25, 0.3) is 10.9 Å². The van der Waals surface area contributed by atoms with E-state index in [1.165, 1.54) is 25.3 Å². The van der Waals surface area contributed by atoms with E-state index in [4.69, 9.17) is 9.47 Å². The number of ether oxygens (including phenoxy) is 2. The number of hydrogen-bond acceptors (Lipinski definition) is 4. The van der Waals surface area contributed by atoms with E-state index in [-0.39, 0.29) is 11.3 Å². The fraction of sp³-hybridized carbons (Fsp3) is 0.238. The molecule has 6 heteroatoms. The number of carbonyl (C=O) groups is 2. The molecule has 1 aliphatic carbocycles. The van der Waals surface area contributed by atoms with Crippen molar-refractivity contribution in [3.8, 4) is 5.75 Å². The zero-order valence-corrected chi connectivity index (χ0v) is 15.0. The Morgan fingerprint density at radius 1 is 1.11 bits per heavy atom. The lowest BCUT2D eigenvalue weighted by atomic mass is 10.1. The van der Waals surface area contributed by atoms with Gasteiger partial charge in [0.2, 0.25) is 0 Å². The molecule has 1 heterocycles. The van der Waals surface area contributed by atoms with Crippen molar-refractivity contribution in [2.75, 3.05) is 7.11 Å². The molecule has 3 aromatic rings. The number of rotatable bonds is 4. The summed E-state index contributed by atoms with van der Waals surface area (Å²) in [6.07, 6.45) is 2.13. The van der Waals surface area contributed by atoms with Crippen molar-refractivity contribution < 1.29 is 23.5 Å². The highest BCUT2D eigenvalue weighted by molar-refractivity contribution is 6.06. The fourth-order valence-corrected chi connectivity index (χ4v) is 3.44. The molecule has 1 aromatic heterocycles. The Morgan fingerprint density at radius 2 is 1.85 bits per heavy atom. The molecular formula is C21H18FNO4. The second-order valence-electron chi connectivity index (χ2n) is 6.60. The Kier molecular flexibility index (Phi) is 4.18. The molecular weight excluding hydrogens is 349 g/mol. The third-order valence-electron chi connectivity index (χ3n) is 4.83. The van der Waals surface area contributed by atoms with Crippen molar-refractivity contribution in [1.82, 2.24) is 4.57 Å². The van der Waals surface area contributed by atoms with Crippen molar-refractivity contribution in [3.05, 3.63) is 65.1 Å². The minimum atomic E-state index is -0.787. The number of esters is 2. The minimum Gasteiger partial charge on any atom is -0.465 e. The summed E-state index contributed by atoms with van der Waals surface area (Å²) in [4.78, 5) is 24.6. The predicted molar refractivity (Wildman–Crippen MR) is 97.6 cm³/mol. The Labute approximate surface area is 155 Å². The molecule has 27 heavy (non-hydrogen) atoms. The third-order valence-corrected chi connectivity index (χ3v) is 4.83. The summed E-state index contributed by atoms with van der Waals surface area (Å²) < 4.78 is 26.2. The van der Waals surface area contributed by atoms with Gasteiger partial charge in [0, 0.05) is 22.6 Å². The van der Waals surface area contributed by atoms with Crippen LogP contribution in [0.1, 0.15) is 45.3 Å². The molecule has 0 spiro atoms. The first-order valence-electron chi connectivity index (χ1n) is 8.71. The van der Waals surface area contributed by atoms with Crippen molar-refractivity contribution >= 4 is 22.8 Å². The van der Waals surface area contributed by atoms with Gasteiger partial charge >= 0.3 is 11.9 Å². The predicted octanol–water partition coefficient (Wildman–Crippen LogP) is 4.43. The van der Waals surface area contributed by atoms with E-state index in [0.717, 1.165) is 24.1 Å². The third kappa shape index (κ3) is 2.97. The monoisotopic (exact) mass is 367 g/mol. The topological polar surface area (TPSA) is 57.5 Å². The van der Waals surface area contributed by atoms with Crippen LogP contribution in [0.5, 0.6) is 5.75 Å². The molecule has 0 N–H and O–H groups in total. The number of carbonyl (C=O) groups excluding carboxylic acids is 2.